The van der Waals surface area contributed by atoms with Crippen LogP contribution in [0.3, 0.4) is 0 Å². The molecular formula is C43H50N8O6. The predicted molar refractivity (Wildman–Crippen MR) is 216 cm³/mol. The van der Waals surface area contributed by atoms with Crippen LogP contribution in [0.15, 0.2) is 73.1 Å². The number of imidazole rings is 2. The van der Waals surface area contributed by atoms with E-state index in [2.05, 4.69) is 91.2 Å². The largest absolute Gasteiger partial charge is 0.465 e. The molecule has 5 aromatic rings. The minimum absolute atomic E-state index is 0.106. The maximum Gasteiger partial charge on any atom is 0.407 e. The number of carbonyl (C=O) groups is 4. The third-order valence-electron chi connectivity index (χ3n) is 11.2. The maximum atomic E-state index is 13.5. The Morgan fingerprint density at radius 1 is 0.684 bits per heavy atom. The van der Waals surface area contributed by atoms with Crippen LogP contribution in [0.2, 0.25) is 0 Å². The molecule has 5 N–H and O–H groups in total. The van der Waals surface area contributed by atoms with E-state index in [1.54, 1.807) is 17.3 Å². The van der Waals surface area contributed by atoms with Gasteiger partial charge in [0, 0.05) is 18.7 Å². The van der Waals surface area contributed by atoms with Crippen LogP contribution >= 0.6 is 0 Å². The summed E-state index contributed by atoms with van der Waals surface area (Å²) in [5, 5.41) is 16.6. The third kappa shape index (κ3) is 8.21. The summed E-state index contributed by atoms with van der Waals surface area (Å²) >= 11 is 0. The number of carbonyl (C=O) groups excluding carboxylic acids is 3. The number of benzene rings is 3. The number of alkyl carbamates (subject to hydrolysis) is 1. The number of aromatic amines is 2. The second-order valence-corrected chi connectivity index (χ2v) is 15.6. The fourth-order valence-corrected chi connectivity index (χ4v) is 8.07. The highest BCUT2D eigenvalue weighted by atomic mass is 16.5. The topological polar surface area (TPSA) is 186 Å². The summed E-state index contributed by atoms with van der Waals surface area (Å²) in [6, 6.07) is 19.0. The molecule has 4 unspecified atom stereocenters. The van der Waals surface area contributed by atoms with Gasteiger partial charge in [-0.25, -0.2) is 19.6 Å². The van der Waals surface area contributed by atoms with Crippen molar-refractivity contribution >= 4 is 34.8 Å². The average Bonchev–Trinajstić information content (AvgIpc) is 4.05. The van der Waals surface area contributed by atoms with Crippen molar-refractivity contribution in [3.05, 3.63) is 84.7 Å². The Hall–Kier alpha value is -6.18. The van der Waals surface area contributed by atoms with E-state index in [0.29, 0.717) is 18.9 Å². The molecule has 57 heavy (non-hydrogen) atoms. The normalized spacial score (nSPS) is 17.9. The molecule has 2 saturated heterocycles. The Labute approximate surface area is 331 Å². The summed E-state index contributed by atoms with van der Waals surface area (Å²) in [6.07, 6.45) is 4.96. The van der Waals surface area contributed by atoms with Gasteiger partial charge in [-0.05, 0) is 77.1 Å². The Morgan fingerprint density at radius 2 is 1.14 bits per heavy atom. The fraction of sp³-hybridized carbons (Fsp3) is 0.395. The zero-order valence-electron chi connectivity index (χ0n) is 32.9. The van der Waals surface area contributed by atoms with Crippen molar-refractivity contribution in [3.8, 4) is 33.6 Å². The summed E-state index contributed by atoms with van der Waals surface area (Å²) in [4.78, 5) is 70.1. The Kier molecular flexibility index (Phi) is 11.3. The lowest BCUT2D eigenvalue weighted by Crippen LogP contribution is -2.51. The molecule has 2 aliphatic heterocycles. The molecule has 4 amide bonds. The number of nitrogens with one attached hydrogen (secondary N) is 4. The molecular weight excluding hydrogens is 725 g/mol. The number of rotatable bonds is 11. The number of amides is 4. The molecule has 14 heteroatoms. The standard InChI is InChI=1S/C43H50N8O6/c1-24(2)36(48-42(54)55)40(52)50-18-6-9-35(50)39-45-23-33(47-39)31-17-16-29-20-28(14-15-30(29)21-31)26-10-12-27(13-11-26)32-22-44-38(46-32)34-8-7-19-51(34)41(53)37(25(3)4)49-43(56)57-5/h10-17,20-25,34-37,48H,6-9,18-19H2,1-5H3,(H,44,46)(H,45,47)(H,49,56)(H,54,55). The minimum Gasteiger partial charge on any atom is -0.465 e. The molecule has 4 atom stereocenters. The second-order valence-electron chi connectivity index (χ2n) is 15.6. The second kappa shape index (κ2) is 16.5. The van der Waals surface area contributed by atoms with Crippen molar-refractivity contribution in [1.82, 2.24) is 40.4 Å². The lowest BCUT2D eigenvalue weighted by atomic mass is 9.98. The van der Waals surface area contributed by atoms with Crippen molar-refractivity contribution in [2.24, 2.45) is 11.8 Å². The van der Waals surface area contributed by atoms with E-state index in [4.69, 9.17) is 4.74 Å². The van der Waals surface area contributed by atoms with Crippen LogP contribution in [-0.2, 0) is 14.3 Å². The van der Waals surface area contributed by atoms with Crippen molar-refractivity contribution in [2.75, 3.05) is 20.2 Å². The van der Waals surface area contributed by atoms with E-state index < -0.39 is 24.3 Å². The van der Waals surface area contributed by atoms with E-state index in [-0.39, 0.29) is 35.7 Å². The molecule has 0 radical (unpaired) electrons. The molecule has 3 aromatic carbocycles. The van der Waals surface area contributed by atoms with Crippen LogP contribution in [0.25, 0.3) is 44.4 Å². The molecule has 4 heterocycles. The van der Waals surface area contributed by atoms with Gasteiger partial charge in [0.15, 0.2) is 0 Å². The van der Waals surface area contributed by atoms with Gasteiger partial charge in [-0.3, -0.25) is 9.59 Å². The first-order chi connectivity index (χ1) is 27.4. The van der Waals surface area contributed by atoms with Crippen LogP contribution in [0.4, 0.5) is 9.59 Å². The summed E-state index contributed by atoms with van der Waals surface area (Å²) in [5.74, 6) is 0.755. The van der Waals surface area contributed by atoms with Crippen molar-refractivity contribution in [3.63, 3.8) is 0 Å². The molecule has 7 rings (SSSR count). The highest BCUT2D eigenvalue weighted by Crippen LogP contribution is 2.35. The first kappa shape index (κ1) is 39.1. The Balaban J connectivity index is 1.03. The van der Waals surface area contributed by atoms with E-state index >= 15 is 0 Å². The molecule has 0 spiro atoms. The average molecular weight is 775 g/mol. The number of H-pyrrole nitrogens is 2. The van der Waals surface area contributed by atoms with Crippen molar-refractivity contribution in [1.29, 1.82) is 0 Å². The number of likely N-dealkylation sites (tertiary alicyclic amines) is 2. The lowest BCUT2D eigenvalue weighted by molar-refractivity contribution is -0.136. The first-order valence-electron chi connectivity index (χ1n) is 19.6. The number of nitrogens with zero attached hydrogens (tertiary/aromatic N) is 4. The van der Waals surface area contributed by atoms with Gasteiger partial charge in [0.05, 0.1) is 43.0 Å². The SMILES string of the molecule is COC(=O)NC(C(=O)N1CCCC1c1ncc(-c2ccc(-c3ccc4cc(-c5cnc(C6CCCN6C(=O)C(NC(=O)O)C(C)C)[nH]5)ccc4c3)cc2)[nH]1)C(C)C. The molecule has 14 nitrogen and oxygen atoms in total. The highest BCUT2D eigenvalue weighted by Gasteiger charge is 2.39. The number of hydrogen-bond donors (Lipinski definition) is 5. The molecule has 0 bridgehead atoms. The van der Waals surface area contributed by atoms with Gasteiger partial charge in [-0.2, -0.15) is 0 Å². The molecule has 0 aliphatic carbocycles. The summed E-state index contributed by atoms with van der Waals surface area (Å²) in [6.45, 7) is 8.61. The van der Waals surface area contributed by atoms with Gasteiger partial charge in [0.2, 0.25) is 11.8 Å². The molecule has 2 aromatic heterocycles. The first-order valence-corrected chi connectivity index (χ1v) is 19.6. The van der Waals surface area contributed by atoms with E-state index in [9.17, 15) is 24.3 Å². The number of ether oxygens (including phenoxy) is 1. The van der Waals surface area contributed by atoms with E-state index in [0.717, 1.165) is 75.9 Å². The maximum absolute atomic E-state index is 13.5. The van der Waals surface area contributed by atoms with Gasteiger partial charge < -0.3 is 40.2 Å². The van der Waals surface area contributed by atoms with Crippen molar-refractivity contribution < 1.29 is 29.0 Å². The number of carboxylic acid groups (broad SMARTS) is 1. The summed E-state index contributed by atoms with van der Waals surface area (Å²) in [5.41, 5.74) is 5.82. The van der Waals surface area contributed by atoms with Gasteiger partial charge in [-0.15, -0.1) is 0 Å². The van der Waals surface area contributed by atoms with Crippen LogP contribution in [0.5, 0.6) is 0 Å². The third-order valence-corrected chi connectivity index (χ3v) is 11.2. The lowest BCUT2D eigenvalue weighted by Gasteiger charge is -2.30. The number of fused-ring (bicyclic) bond motifs is 1. The van der Waals surface area contributed by atoms with Crippen LogP contribution in [-0.4, -0.2) is 91.1 Å². The molecule has 2 fully saturated rings. The fourth-order valence-electron chi connectivity index (χ4n) is 8.07. The summed E-state index contributed by atoms with van der Waals surface area (Å²) in [7, 11) is 1.29. The quantitative estimate of drug-likeness (QED) is 0.0926. The van der Waals surface area contributed by atoms with Gasteiger partial charge in [0.1, 0.15) is 23.7 Å². The Morgan fingerprint density at radius 3 is 1.65 bits per heavy atom. The highest BCUT2D eigenvalue weighted by molar-refractivity contribution is 5.91. The predicted octanol–water partition coefficient (Wildman–Crippen LogP) is 7.29. The number of hydrogen-bond acceptors (Lipinski definition) is 7. The van der Waals surface area contributed by atoms with Gasteiger partial charge in [0.25, 0.3) is 0 Å². The van der Waals surface area contributed by atoms with E-state index in [1.165, 1.54) is 7.11 Å². The van der Waals surface area contributed by atoms with Crippen LogP contribution in [0, 0.1) is 11.8 Å². The number of aromatic nitrogens is 4. The monoisotopic (exact) mass is 774 g/mol. The van der Waals surface area contributed by atoms with Crippen molar-refractivity contribution in [2.45, 2.75) is 77.5 Å². The Bertz CT molecular complexity index is 2260. The molecule has 0 saturated carbocycles. The van der Waals surface area contributed by atoms with Crippen LogP contribution < -0.4 is 10.6 Å². The van der Waals surface area contributed by atoms with E-state index in [1.807, 2.05) is 32.6 Å². The zero-order chi connectivity index (χ0) is 40.4. The zero-order valence-corrected chi connectivity index (χ0v) is 32.9. The molecule has 2 aliphatic rings. The number of methoxy groups -OCH3 is 1. The summed E-state index contributed by atoms with van der Waals surface area (Å²) < 4.78 is 4.76. The smallest absolute Gasteiger partial charge is 0.407 e. The minimum atomic E-state index is -1.21. The molecule has 298 valence electrons. The van der Waals surface area contributed by atoms with Gasteiger partial charge >= 0.3 is 12.2 Å². The van der Waals surface area contributed by atoms with Crippen LogP contribution in [0.1, 0.15) is 77.1 Å². The van der Waals surface area contributed by atoms with Gasteiger partial charge in [-0.1, -0.05) is 76.2 Å².